The fraction of sp³-hybridized carbons (Fsp3) is 0.400. The number of hydrogen-bond acceptors (Lipinski definition) is 2. The molecule has 0 spiro atoms. The maximum atomic E-state index is 5.50. The van der Waals surface area contributed by atoms with Crippen LogP contribution in [0.2, 0.25) is 0 Å². The summed E-state index contributed by atoms with van der Waals surface area (Å²) in [4.78, 5) is 3.51. The van der Waals surface area contributed by atoms with E-state index in [-0.39, 0.29) is 5.38 Å². The van der Waals surface area contributed by atoms with Crippen molar-refractivity contribution in [1.82, 2.24) is 0 Å². The first-order valence-corrected chi connectivity index (χ1v) is 2.99. The summed E-state index contributed by atoms with van der Waals surface area (Å²) in [5, 5.41) is 2.20. The van der Waals surface area contributed by atoms with Crippen molar-refractivity contribution in [3.05, 3.63) is 12.3 Å². The highest BCUT2D eigenvalue weighted by molar-refractivity contribution is 7.78. The molecule has 0 aliphatic rings. The average molecular weight is 148 g/mol. The molecule has 0 aliphatic carbocycles. The molecule has 0 aliphatic heterocycles. The maximum absolute atomic E-state index is 5.50. The molecule has 3 heteroatoms. The summed E-state index contributed by atoms with van der Waals surface area (Å²) in [6, 6.07) is 0. The molecule has 8 heavy (non-hydrogen) atoms. The molecule has 0 heterocycles. The fourth-order valence-corrected chi connectivity index (χ4v) is 0.318. The van der Waals surface area contributed by atoms with Gasteiger partial charge in [0.1, 0.15) is 0 Å². The van der Waals surface area contributed by atoms with Crippen LogP contribution in [0.1, 0.15) is 6.92 Å². The van der Waals surface area contributed by atoms with E-state index in [1.807, 2.05) is 6.92 Å². The van der Waals surface area contributed by atoms with Crippen molar-refractivity contribution >= 4 is 29.0 Å². The molecule has 0 aromatic heterocycles. The molecular weight excluding hydrogens is 142 g/mol. The zero-order valence-electron chi connectivity index (χ0n) is 4.47. The van der Waals surface area contributed by atoms with Gasteiger partial charge in [0.05, 0.1) is 10.5 Å². The van der Waals surface area contributed by atoms with Crippen LogP contribution in [0.15, 0.2) is 17.3 Å². The smallest absolute Gasteiger partial charge is 0.0634 e. The lowest BCUT2D eigenvalue weighted by Crippen LogP contribution is -1.78. The van der Waals surface area contributed by atoms with Gasteiger partial charge >= 0.3 is 0 Å². The molecule has 0 fully saturated rings. The van der Waals surface area contributed by atoms with Gasteiger partial charge in [-0.15, -0.1) is 11.6 Å². The lowest BCUT2D eigenvalue weighted by atomic mass is 10.5. The minimum Gasteiger partial charge on any atom is -0.203 e. The Morgan fingerprint density at radius 3 is 2.88 bits per heavy atom. The van der Waals surface area contributed by atoms with Crippen LogP contribution in [0.4, 0.5) is 0 Å². The number of allylic oxidation sites excluding steroid dienone is 1. The largest absolute Gasteiger partial charge is 0.203 e. The summed E-state index contributed by atoms with van der Waals surface area (Å²) in [7, 11) is 0. The normalized spacial score (nSPS) is 13.2. The third-order valence-corrected chi connectivity index (χ3v) is 0.729. The second-order valence-corrected chi connectivity index (χ2v) is 2.11. The van der Waals surface area contributed by atoms with Crippen molar-refractivity contribution in [2.75, 3.05) is 0 Å². The maximum Gasteiger partial charge on any atom is 0.0634 e. The summed E-state index contributed by atoms with van der Waals surface area (Å²) >= 11 is 9.80. The lowest BCUT2D eigenvalue weighted by molar-refractivity contribution is 1.22. The average Bonchev–Trinajstić information content (AvgIpc) is 1.66. The number of thiocarbonyl (C=S) groups is 1. The minimum absolute atomic E-state index is 0.0158. The van der Waals surface area contributed by atoms with Crippen LogP contribution < -0.4 is 0 Å². The van der Waals surface area contributed by atoms with E-state index in [0.717, 1.165) is 0 Å². The van der Waals surface area contributed by atoms with Crippen molar-refractivity contribution in [3.8, 4) is 0 Å². The molecule has 0 radical (unpaired) electrons. The second-order valence-electron chi connectivity index (χ2n) is 1.24. The molecule has 0 aromatic rings. The van der Waals surface area contributed by atoms with E-state index in [4.69, 9.17) is 11.6 Å². The Labute approximate surface area is 59.1 Å². The first kappa shape index (κ1) is 7.83. The van der Waals surface area contributed by atoms with E-state index in [1.54, 1.807) is 6.08 Å². The molecule has 0 amide bonds. The van der Waals surface area contributed by atoms with Crippen molar-refractivity contribution in [2.24, 2.45) is 4.99 Å². The molecule has 1 nitrogen and oxygen atoms in total. The number of rotatable bonds is 2. The summed E-state index contributed by atoms with van der Waals surface area (Å²) in [6.45, 7) is 1.84. The Balaban J connectivity index is 3.49. The van der Waals surface area contributed by atoms with Crippen LogP contribution in [0.3, 0.4) is 0 Å². The topological polar surface area (TPSA) is 12.4 Å². The van der Waals surface area contributed by atoms with E-state index in [2.05, 4.69) is 22.4 Å². The van der Waals surface area contributed by atoms with Crippen LogP contribution in [-0.2, 0) is 0 Å². The fourth-order valence-electron chi connectivity index (χ4n) is 0.192. The summed E-state index contributed by atoms with van der Waals surface area (Å²) < 4.78 is 0. The van der Waals surface area contributed by atoms with E-state index in [1.165, 1.54) is 6.20 Å². The Bertz CT molecular complexity index is 124. The third kappa shape index (κ3) is 5.83. The van der Waals surface area contributed by atoms with E-state index in [0.29, 0.717) is 0 Å². The summed E-state index contributed by atoms with van der Waals surface area (Å²) in [5.74, 6) is 0. The van der Waals surface area contributed by atoms with E-state index in [9.17, 15) is 0 Å². The first-order valence-electron chi connectivity index (χ1n) is 2.15. The van der Waals surface area contributed by atoms with Crippen molar-refractivity contribution < 1.29 is 0 Å². The van der Waals surface area contributed by atoms with Crippen molar-refractivity contribution in [3.63, 3.8) is 0 Å². The second kappa shape index (κ2) is 4.98. The number of hydrogen-bond donors (Lipinski definition) is 0. The number of aliphatic imine (C=N–C) groups is 1. The van der Waals surface area contributed by atoms with Crippen LogP contribution in [-0.4, -0.2) is 10.5 Å². The monoisotopic (exact) mass is 147 g/mol. The Kier molecular flexibility index (Phi) is 4.87. The predicted molar refractivity (Wildman–Crippen MR) is 39.5 cm³/mol. The van der Waals surface area contributed by atoms with Gasteiger partial charge in [-0.05, 0) is 25.2 Å². The first-order chi connectivity index (χ1) is 3.77. The van der Waals surface area contributed by atoms with Crippen LogP contribution in [0.25, 0.3) is 0 Å². The van der Waals surface area contributed by atoms with Gasteiger partial charge in [0.15, 0.2) is 0 Å². The van der Waals surface area contributed by atoms with Crippen molar-refractivity contribution in [1.29, 1.82) is 0 Å². The molecule has 0 N–H and O–H groups in total. The number of halogens is 1. The van der Waals surface area contributed by atoms with Crippen molar-refractivity contribution in [2.45, 2.75) is 12.3 Å². The quantitative estimate of drug-likeness (QED) is 0.332. The highest BCUT2D eigenvalue weighted by Crippen LogP contribution is 1.93. The molecule has 0 saturated heterocycles. The standard InChI is InChI=1S/C5H6ClNS/c1-5(6)2-3-7-4-8/h2-3,5H,1H3. The summed E-state index contributed by atoms with van der Waals surface area (Å²) in [6.07, 6.45) is 3.26. The predicted octanol–water partition coefficient (Wildman–Crippen LogP) is 2.23. The molecule has 1 unspecified atom stereocenters. The third-order valence-electron chi connectivity index (χ3n) is 0.478. The van der Waals surface area contributed by atoms with Gasteiger partial charge in [0.2, 0.25) is 0 Å². The molecule has 1 atom stereocenters. The number of nitrogens with zero attached hydrogens (tertiary/aromatic N) is 1. The Hall–Kier alpha value is -0.170. The van der Waals surface area contributed by atoms with Crippen LogP contribution in [0, 0.1) is 0 Å². The highest BCUT2D eigenvalue weighted by Gasteiger charge is 1.81. The SMILES string of the molecule is CC(Cl)C=CN=C=S. The molecular formula is C5H6ClNS. The Morgan fingerprint density at radius 1 is 1.88 bits per heavy atom. The number of alkyl halides is 1. The van der Waals surface area contributed by atoms with Crippen LogP contribution in [0.5, 0.6) is 0 Å². The minimum atomic E-state index is 0.0158. The summed E-state index contributed by atoms with van der Waals surface area (Å²) in [5.41, 5.74) is 0. The van der Waals surface area contributed by atoms with Gasteiger partial charge in [-0.1, -0.05) is 0 Å². The van der Waals surface area contributed by atoms with Gasteiger partial charge in [0, 0.05) is 6.20 Å². The Morgan fingerprint density at radius 2 is 2.50 bits per heavy atom. The van der Waals surface area contributed by atoms with Gasteiger partial charge in [-0.3, -0.25) is 0 Å². The highest BCUT2D eigenvalue weighted by atomic mass is 35.5. The van der Waals surface area contributed by atoms with E-state index < -0.39 is 0 Å². The molecule has 0 aromatic carbocycles. The lowest BCUT2D eigenvalue weighted by Gasteiger charge is -1.83. The molecule has 0 bridgehead atoms. The van der Waals surface area contributed by atoms with Gasteiger partial charge < -0.3 is 0 Å². The van der Waals surface area contributed by atoms with Gasteiger partial charge in [-0.25, -0.2) is 4.99 Å². The van der Waals surface area contributed by atoms with Gasteiger partial charge in [-0.2, -0.15) is 0 Å². The molecule has 0 saturated carbocycles. The van der Waals surface area contributed by atoms with Gasteiger partial charge in [0.25, 0.3) is 0 Å². The zero-order valence-corrected chi connectivity index (χ0v) is 6.04. The zero-order chi connectivity index (χ0) is 6.41. The van der Waals surface area contributed by atoms with Crippen LogP contribution >= 0.6 is 23.8 Å². The molecule has 0 rings (SSSR count). The number of isothiocyanates is 1. The van der Waals surface area contributed by atoms with E-state index >= 15 is 0 Å². The molecule has 44 valence electrons.